The average molecular weight is 186 g/mol. The second kappa shape index (κ2) is 4.36. The van der Waals surface area contributed by atoms with Crippen LogP contribution in [0.5, 0.6) is 5.75 Å². The molecule has 0 atom stereocenters. The van der Waals surface area contributed by atoms with Gasteiger partial charge >= 0.3 is 0 Å². The fourth-order valence-corrected chi connectivity index (χ4v) is 1.31. The van der Waals surface area contributed by atoms with Crippen LogP contribution in [0.25, 0.3) is 0 Å². The summed E-state index contributed by atoms with van der Waals surface area (Å²) in [5, 5.41) is 0. The van der Waals surface area contributed by atoms with Crippen LogP contribution in [0.3, 0.4) is 0 Å². The molecule has 0 spiro atoms. The highest BCUT2D eigenvalue weighted by Gasteiger charge is 2.02. The molecule has 0 fully saturated rings. The molecule has 0 saturated carbocycles. The maximum atomic E-state index is 13.1. The Kier molecular flexibility index (Phi) is 3.41. The predicted octanol–water partition coefficient (Wildman–Crippen LogP) is 2.95. The second-order valence-electron chi connectivity index (χ2n) is 2.23. The highest BCUT2D eigenvalue weighted by molar-refractivity contribution is 7.98. The lowest BCUT2D eigenvalue weighted by Crippen LogP contribution is -1.94. The summed E-state index contributed by atoms with van der Waals surface area (Å²) in [7, 11) is 0. The molecule has 0 aromatic heterocycles. The van der Waals surface area contributed by atoms with Gasteiger partial charge in [-0.1, -0.05) is 0 Å². The molecule has 3 heteroatoms. The number of halogens is 1. The van der Waals surface area contributed by atoms with E-state index in [1.54, 1.807) is 6.07 Å². The van der Waals surface area contributed by atoms with Gasteiger partial charge in [0.05, 0.1) is 6.61 Å². The number of thioether (sulfide) groups is 1. The van der Waals surface area contributed by atoms with Crippen LogP contribution in [0.4, 0.5) is 4.39 Å². The monoisotopic (exact) mass is 186 g/mol. The summed E-state index contributed by atoms with van der Waals surface area (Å²) >= 11 is 1.51. The topological polar surface area (TPSA) is 9.23 Å². The van der Waals surface area contributed by atoms with Crippen molar-refractivity contribution in [2.45, 2.75) is 11.8 Å². The van der Waals surface area contributed by atoms with Gasteiger partial charge in [0.2, 0.25) is 0 Å². The van der Waals surface area contributed by atoms with Crippen molar-refractivity contribution in [3.8, 4) is 5.75 Å². The maximum Gasteiger partial charge on any atom is 0.166 e. The maximum absolute atomic E-state index is 13.1. The van der Waals surface area contributed by atoms with Crippen molar-refractivity contribution in [2.24, 2.45) is 0 Å². The van der Waals surface area contributed by atoms with Crippen LogP contribution in [0, 0.1) is 5.82 Å². The minimum absolute atomic E-state index is 0.288. The quantitative estimate of drug-likeness (QED) is 0.671. The molecule has 1 nitrogen and oxygen atoms in total. The predicted molar refractivity (Wildman–Crippen MR) is 49.4 cm³/mol. The molecule has 0 aliphatic carbocycles. The van der Waals surface area contributed by atoms with E-state index in [0.29, 0.717) is 12.4 Å². The van der Waals surface area contributed by atoms with E-state index in [-0.39, 0.29) is 5.82 Å². The third kappa shape index (κ3) is 2.14. The van der Waals surface area contributed by atoms with Gasteiger partial charge in [-0.05, 0) is 31.4 Å². The van der Waals surface area contributed by atoms with E-state index in [0.717, 1.165) is 4.90 Å². The van der Waals surface area contributed by atoms with Crippen molar-refractivity contribution in [1.29, 1.82) is 0 Å². The molecule has 0 aliphatic heterocycles. The normalized spacial score (nSPS) is 9.92. The lowest BCUT2D eigenvalue weighted by molar-refractivity contribution is 0.321. The number of benzene rings is 1. The van der Waals surface area contributed by atoms with Gasteiger partial charge in [0.25, 0.3) is 0 Å². The van der Waals surface area contributed by atoms with Gasteiger partial charge in [-0.25, -0.2) is 4.39 Å². The Bertz CT molecular complexity index is 263. The van der Waals surface area contributed by atoms with E-state index in [2.05, 4.69) is 0 Å². The van der Waals surface area contributed by atoms with Crippen LogP contribution in [0.2, 0.25) is 0 Å². The molecule has 0 amide bonds. The number of ether oxygens (including phenoxy) is 1. The molecule has 1 aromatic rings. The largest absolute Gasteiger partial charge is 0.491 e. The number of hydrogen-bond donors (Lipinski definition) is 0. The van der Waals surface area contributed by atoms with E-state index < -0.39 is 0 Å². The molecule has 0 N–H and O–H groups in total. The van der Waals surface area contributed by atoms with Gasteiger partial charge in [-0.15, -0.1) is 11.8 Å². The number of rotatable bonds is 3. The Morgan fingerprint density at radius 1 is 1.50 bits per heavy atom. The number of hydrogen-bond acceptors (Lipinski definition) is 2. The minimum atomic E-state index is -0.288. The highest BCUT2D eigenvalue weighted by Crippen LogP contribution is 2.23. The minimum Gasteiger partial charge on any atom is -0.491 e. The zero-order chi connectivity index (χ0) is 8.97. The first-order valence-electron chi connectivity index (χ1n) is 3.74. The van der Waals surface area contributed by atoms with Gasteiger partial charge < -0.3 is 4.74 Å². The Labute approximate surface area is 75.9 Å². The van der Waals surface area contributed by atoms with E-state index in [4.69, 9.17) is 4.74 Å². The van der Waals surface area contributed by atoms with Gasteiger partial charge in [0, 0.05) is 4.90 Å². The van der Waals surface area contributed by atoms with E-state index >= 15 is 0 Å². The molecule has 0 radical (unpaired) electrons. The van der Waals surface area contributed by atoms with Crippen molar-refractivity contribution < 1.29 is 9.13 Å². The molecule has 0 heterocycles. The molecule has 12 heavy (non-hydrogen) atoms. The van der Waals surface area contributed by atoms with E-state index in [9.17, 15) is 4.39 Å². The standard InChI is InChI=1S/C9H11FOS/c1-3-11-9-5-4-7(12-2)6-8(9)10/h4-6H,3H2,1-2H3. The van der Waals surface area contributed by atoms with Crippen LogP contribution in [0.1, 0.15) is 6.92 Å². The first-order valence-corrected chi connectivity index (χ1v) is 4.96. The SMILES string of the molecule is CCOc1ccc(SC)cc1F. The molecular weight excluding hydrogens is 175 g/mol. The Balaban J connectivity index is 2.87. The first kappa shape index (κ1) is 9.39. The zero-order valence-electron chi connectivity index (χ0n) is 7.13. The summed E-state index contributed by atoms with van der Waals surface area (Å²) in [4.78, 5) is 0.913. The van der Waals surface area contributed by atoms with Gasteiger partial charge in [0.15, 0.2) is 11.6 Å². The Hall–Kier alpha value is -0.700. The van der Waals surface area contributed by atoms with Crippen molar-refractivity contribution in [3.63, 3.8) is 0 Å². The van der Waals surface area contributed by atoms with Crippen LogP contribution in [-0.4, -0.2) is 12.9 Å². The van der Waals surface area contributed by atoms with E-state index in [1.807, 2.05) is 19.2 Å². The molecule has 0 aliphatic rings. The molecule has 1 rings (SSSR count). The Morgan fingerprint density at radius 3 is 2.75 bits per heavy atom. The smallest absolute Gasteiger partial charge is 0.166 e. The van der Waals surface area contributed by atoms with E-state index in [1.165, 1.54) is 17.8 Å². The average Bonchev–Trinajstić information content (AvgIpc) is 2.09. The summed E-state index contributed by atoms with van der Waals surface area (Å²) in [5.74, 6) is 0.0407. The second-order valence-corrected chi connectivity index (χ2v) is 3.11. The van der Waals surface area contributed by atoms with Gasteiger partial charge in [0.1, 0.15) is 0 Å². The molecule has 1 aromatic carbocycles. The summed E-state index contributed by atoms with van der Waals surface area (Å²) in [6.07, 6.45) is 1.91. The summed E-state index contributed by atoms with van der Waals surface area (Å²) < 4.78 is 18.1. The first-order chi connectivity index (χ1) is 5.77. The summed E-state index contributed by atoms with van der Waals surface area (Å²) in [6.45, 7) is 2.33. The third-order valence-electron chi connectivity index (χ3n) is 1.44. The molecule has 0 unspecified atom stereocenters. The molecule has 0 bridgehead atoms. The molecule has 0 saturated heterocycles. The van der Waals surface area contributed by atoms with Crippen LogP contribution in [-0.2, 0) is 0 Å². The van der Waals surface area contributed by atoms with Gasteiger partial charge in [-0.3, -0.25) is 0 Å². The highest BCUT2D eigenvalue weighted by atomic mass is 32.2. The lowest BCUT2D eigenvalue weighted by atomic mass is 10.3. The summed E-state index contributed by atoms with van der Waals surface area (Å²) in [5.41, 5.74) is 0. The molecular formula is C9H11FOS. The fraction of sp³-hybridized carbons (Fsp3) is 0.333. The summed E-state index contributed by atoms with van der Waals surface area (Å²) in [6, 6.07) is 4.99. The van der Waals surface area contributed by atoms with Crippen molar-refractivity contribution >= 4 is 11.8 Å². The zero-order valence-corrected chi connectivity index (χ0v) is 7.95. The molecule has 66 valence electrons. The van der Waals surface area contributed by atoms with Crippen LogP contribution < -0.4 is 4.74 Å². The Morgan fingerprint density at radius 2 is 2.25 bits per heavy atom. The lowest BCUT2D eigenvalue weighted by Gasteiger charge is -2.04. The van der Waals surface area contributed by atoms with Crippen LogP contribution in [0.15, 0.2) is 23.1 Å². The van der Waals surface area contributed by atoms with Crippen LogP contribution >= 0.6 is 11.8 Å². The van der Waals surface area contributed by atoms with Gasteiger partial charge in [-0.2, -0.15) is 0 Å². The van der Waals surface area contributed by atoms with Crippen molar-refractivity contribution in [3.05, 3.63) is 24.0 Å². The fourth-order valence-electron chi connectivity index (χ4n) is 0.881. The van der Waals surface area contributed by atoms with Crippen molar-refractivity contribution in [2.75, 3.05) is 12.9 Å². The van der Waals surface area contributed by atoms with Crippen molar-refractivity contribution in [1.82, 2.24) is 0 Å². The third-order valence-corrected chi connectivity index (χ3v) is 2.16.